The molecule has 1 aliphatic rings. The number of hydrogen-bond acceptors (Lipinski definition) is 3. The van der Waals surface area contributed by atoms with Gasteiger partial charge in [-0.05, 0) is 0 Å². The molecular formula is C6H11F2O5P. The van der Waals surface area contributed by atoms with Crippen LogP contribution in [0.5, 0.6) is 0 Å². The molecule has 84 valence electrons. The molecule has 1 aliphatic carbocycles. The number of methoxy groups -OCH3 is 1. The molecule has 0 heterocycles. The lowest BCUT2D eigenvalue weighted by atomic mass is 9.77. The first-order valence-corrected chi connectivity index (χ1v) is 5.34. The highest BCUT2D eigenvalue weighted by molar-refractivity contribution is 7.46. The summed E-state index contributed by atoms with van der Waals surface area (Å²) >= 11 is 0. The fraction of sp³-hybridized carbons (Fsp3) is 1.00. The third-order valence-electron chi connectivity index (χ3n) is 1.88. The Kier molecular flexibility index (Phi) is 3.00. The van der Waals surface area contributed by atoms with Crippen LogP contribution in [0.15, 0.2) is 0 Å². The largest absolute Gasteiger partial charge is 0.470 e. The van der Waals surface area contributed by atoms with Crippen LogP contribution in [0.25, 0.3) is 0 Å². The molecule has 1 saturated carbocycles. The molecule has 0 aromatic carbocycles. The Morgan fingerprint density at radius 3 is 2.21 bits per heavy atom. The Morgan fingerprint density at radius 1 is 1.43 bits per heavy atom. The maximum Gasteiger partial charge on any atom is 0.470 e. The van der Waals surface area contributed by atoms with Crippen LogP contribution in [0.4, 0.5) is 8.78 Å². The molecule has 0 aliphatic heterocycles. The quantitative estimate of drug-likeness (QED) is 0.704. The van der Waals surface area contributed by atoms with Crippen LogP contribution in [0.1, 0.15) is 12.8 Å². The minimum absolute atomic E-state index is 0.256. The van der Waals surface area contributed by atoms with Gasteiger partial charge in [-0.15, -0.1) is 0 Å². The first-order chi connectivity index (χ1) is 6.18. The van der Waals surface area contributed by atoms with Gasteiger partial charge in [-0.1, -0.05) is 0 Å². The number of phosphoric ester groups is 1. The molecule has 0 amide bonds. The Balaban J connectivity index is 2.63. The van der Waals surface area contributed by atoms with Gasteiger partial charge >= 0.3 is 7.82 Å². The molecule has 0 aromatic heterocycles. The average Bonchev–Trinajstić information content (AvgIpc) is 1.77. The molecule has 1 fully saturated rings. The minimum Gasteiger partial charge on any atom is -0.382 e. The molecule has 14 heavy (non-hydrogen) atoms. The minimum atomic E-state index is -4.75. The van der Waals surface area contributed by atoms with Gasteiger partial charge in [-0.3, -0.25) is 4.52 Å². The van der Waals surface area contributed by atoms with E-state index in [1.165, 1.54) is 7.11 Å². The molecule has 1 rings (SSSR count). The fourth-order valence-corrected chi connectivity index (χ4v) is 2.29. The highest BCUT2D eigenvalue weighted by Gasteiger charge is 2.60. The lowest BCUT2D eigenvalue weighted by Gasteiger charge is -2.45. The van der Waals surface area contributed by atoms with Gasteiger partial charge in [0.05, 0.1) is 6.61 Å². The monoisotopic (exact) mass is 232 g/mol. The van der Waals surface area contributed by atoms with Crippen molar-refractivity contribution in [1.29, 1.82) is 0 Å². The van der Waals surface area contributed by atoms with E-state index in [4.69, 9.17) is 9.79 Å². The summed E-state index contributed by atoms with van der Waals surface area (Å²) in [5.41, 5.74) is -1.54. The van der Waals surface area contributed by atoms with Crippen LogP contribution >= 0.6 is 7.82 Å². The third kappa shape index (κ3) is 2.96. The average molecular weight is 232 g/mol. The van der Waals surface area contributed by atoms with Gasteiger partial charge in [-0.25, -0.2) is 13.3 Å². The van der Waals surface area contributed by atoms with Gasteiger partial charge in [0.15, 0.2) is 0 Å². The van der Waals surface area contributed by atoms with E-state index >= 15 is 0 Å². The van der Waals surface area contributed by atoms with Crippen molar-refractivity contribution in [2.75, 3.05) is 13.7 Å². The third-order valence-corrected chi connectivity index (χ3v) is 2.51. The number of alkyl halides is 2. The predicted octanol–water partition coefficient (Wildman–Crippen LogP) is 0.910. The molecule has 8 heteroatoms. The van der Waals surface area contributed by atoms with Gasteiger partial charge in [0.2, 0.25) is 0 Å². The molecule has 0 spiro atoms. The van der Waals surface area contributed by atoms with Crippen molar-refractivity contribution in [1.82, 2.24) is 0 Å². The number of halogens is 2. The summed E-state index contributed by atoms with van der Waals surface area (Å²) in [7, 11) is -3.50. The number of ether oxygens (including phenoxy) is 1. The summed E-state index contributed by atoms with van der Waals surface area (Å²) in [6, 6.07) is 0. The molecule has 2 N–H and O–H groups in total. The van der Waals surface area contributed by atoms with Crippen LogP contribution in [0.2, 0.25) is 0 Å². The van der Waals surface area contributed by atoms with Crippen LogP contribution in [0, 0.1) is 0 Å². The zero-order valence-electron chi connectivity index (χ0n) is 7.44. The first-order valence-electron chi connectivity index (χ1n) is 3.81. The zero-order chi connectivity index (χ0) is 11.0. The Hall–Kier alpha value is -0.0700. The maximum absolute atomic E-state index is 12.5. The van der Waals surface area contributed by atoms with Gasteiger partial charge in [0, 0.05) is 20.0 Å². The molecule has 0 aromatic rings. The standard InChI is InChI=1S/C6H11F2O5P/c1-12-4-5(13-14(9,10)11)2-6(7,8)3-5/h2-4H2,1H3,(H2,9,10,11). The maximum atomic E-state index is 12.5. The van der Waals surface area contributed by atoms with Gasteiger partial charge in [-0.2, -0.15) is 0 Å². The molecule has 0 radical (unpaired) electrons. The Morgan fingerprint density at radius 2 is 1.93 bits per heavy atom. The number of phosphoric acid groups is 1. The second-order valence-corrected chi connectivity index (χ2v) is 4.57. The summed E-state index contributed by atoms with van der Waals surface area (Å²) in [4.78, 5) is 17.0. The number of rotatable bonds is 4. The van der Waals surface area contributed by atoms with Crippen molar-refractivity contribution in [3.63, 3.8) is 0 Å². The van der Waals surface area contributed by atoms with Crippen LogP contribution in [0.3, 0.4) is 0 Å². The summed E-state index contributed by atoms with van der Waals surface area (Å²) in [5.74, 6) is -2.92. The highest BCUT2D eigenvalue weighted by atomic mass is 31.2. The van der Waals surface area contributed by atoms with E-state index in [0.717, 1.165) is 0 Å². The van der Waals surface area contributed by atoms with Gasteiger partial charge < -0.3 is 14.5 Å². The zero-order valence-corrected chi connectivity index (χ0v) is 8.34. The summed E-state index contributed by atoms with van der Waals surface area (Å²) in [6.45, 7) is -0.256. The van der Waals surface area contributed by atoms with E-state index in [-0.39, 0.29) is 6.61 Å². The SMILES string of the molecule is COCC1(OP(=O)(O)O)CC(F)(F)C1. The predicted molar refractivity (Wildman–Crippen MR) is 41.9 cm³/mol. The Labute approximate surface area is 79.3 Å². The van der Waals surface area contributed by atoms with Crippen molar-refractivity contribution in [3.8, 4) is 0 Å². The van der Waals surface area contributed by atoms with E-state index in [1.807, 2.05) is 0 Å². The molecule has 0 saturated heterocycles. The topological polar surface area (TPSA) is 76.0 Å². The number of hydrogen-bond donors (Lipinski definition) is 2. The van der Waals surface area contributed by atoms with Gasteiger partial charge in [0.25, 0.3) is 5.92 Å². The van der Waals surface area contributed by atoms with Crippen LogP contribution in [-0.2, 0) is 13.8 Å². The van der Waals surface area contributed by atoms with E-state index in [1.54, 1.807) is 0 Å². The second kappa shape index (κ2) is 3.50. The van der Waals surface area contributed by atoms with Crippen molar-refractivity contribution >= 4 is 7.82 Å². The molecule has 0 atom stereocenters. The Bertz CT molecular complexity index is 255. The fourth-order valence-electron chi connectivity index (χ4n) is 1.60. The lowest BCUT2D eigenvalue weighted by molar-refractivity contribution is -0.214. The van der Waals surface area contributed by atoms with E-state index < -0.39 is 32.2 Å². The lowest BCUT2D eigenvalue weighted by Crippen LogP contribution is -2.55. The molecule has 0 bridgehead atoms. The second-order valence-electron chi connectivity index (χ2n) is 3.41. The van der Waals surface area contributed by atoms with Gasteiger partial charge in [0.1, 0.15) is 5.60 Å². The summed E-state index contributed by atoms with van der Waals surface area (Å²) in [6.07, 6.45) is -1.45. The van der Waals surface area contributed by atoms with Crippen LogP contribution in [-0.4, -0.2) is 35.0 Å². The van der Waals surface area contributed by atoms with Crippen LogP contribution < -0.4 is 0 Å². The van der Waals surface area contributed by atoms with Crippen molar-refractivity contribution < 1.29 is 32.4 Å². The van der Waals surface area contributed by atoms with Crippen molar-refractivity contribution in [3.05, 3.63) is 0 Å². The molecule has 5 nitrogen and oxygen atoms in total. The first kappa shape index (κ1) is 12.0. The normalized spacial score (nSPS) is 24.4. The van der Waals surface area contributed by atoms with E-state index in [9.17, 15) is 13.3 Å². The highest BCUT2D eigenvalue weighted by Crippen LogP contribution is 2.55. The summed E-state index contributed by atoms with van der Waals surface area (Å²) in [5, 5.41) is 0. The molecule has 0 unspecified atom stereocenters. The van der Waals surface area contributed by atoms with E-state index in [2.05, 4.69) is 9.26 Å². The summed E-state index contributed by atoms with van der Waals surface area (Å²) < 4.78 is 44.5. The smallest absolute Gasteiger partial charge is 0.382 e. The molecular weight excluding hydrogens is 221 g/mol. The van der Waals surface area contributed by atoms with Crippen molar-refractivity contribution in [2.24, 2.45) is 0 Å². The van der Waals surface area contributed by atoms with Crippen molar-refractivity contribution in [2.45, 2.75) is 24.4 Å². The van der Waals surface area contributed by atoms with E-state index in [0.29, 0.717) is 0 Å².